The van der Waals surface area contributed by atoms with Crippen LogP contribution in [0.2, 0.25) is 10.0 Å². The lowest BCUT2D eigenvalue weighted by molar-refractivity contribution is -0.115. The van der Waals surface area contributed by atoms with Gasteiger partial charge in [-0.25, -0.2) is 0 Å². The molecule has 0 bridgehead atoms. The summed E-state index contributed by atoms with van der Waals surface area (Å²) in [5.74, 6) is 0.329. The van der Waals surface area contributed by atoms with Gasteiger partial charge in [0, 0.05) is 5.56 Å². The second-order valence-electron chi connectivity index (χ2n) is 5.77. The number of hydrogen-bond donors (Lipinski definition) is 2. The predicted octanol–water partition coefficient (Wildman–Crippen LogP) is 5.15. The molecule has 3 rings (SSSR count). The molecule has 0 atom stereocenters. The van der Waals surface area contributed by atoms with E-state index in [4.69, 9.17) is 27.9 Å². The fourth-order valence-electron chi connectivity index (χ4n) is 2.37. The molecule has 0 aliphatic carbocycles. The highest BCUT2D eigenvalue weighted by atomic mass is 35.5. The minimum absolute atomic E-state index is 0.210. The number of hydrogen-bond acceptors (Lipinski definition) is 3. The van der Waals surface area contributed by atoms with E-state index in [-0.39, 0.29) is 11.6 Å². The Morgan fingerprint density at radius 3 is 2.32 bits per heavy atom. The minimum atomic E-state index is -0.428. The number of anilines is 1. The minimum Gasteiger partial charge on any atom is -0.455 e. The third kappa shape index (κ3) is 5.25. The number of halogens is 2. The van der Waals surface area contributed by atoms with Crippen LogP contribution in [0, 0.1) is 0 Å². The van der Waals surface area contributed by atoms with E-state index in [2.05, 4.69) is 10.6 Å². The van der Waals surface area contributed by atoms with Crippen LogP contribution in [0.4, 0.5) is 5.69 Å². The smallest absolute Gasteiger partial charge is 0.251 e. The van der Waals surface area contributed by atoms with Gasteiger partial charge in [-0.3, -0.25) is 9.59 Å². The molecule has 0 aliphatic rings. The van der Waals surface area contributed by atoms with Crippen molar-refractivity contribution < 1.29 is 14.3 Å². The molecule has 0 fully saturated rings. The van der Waals surface area contributed by atoms with Gasteiger partial charge < -0.3 is 15.4 Å². The Morgan fingerprint density at radius 2 is 1.57 bits per heavy atom. The highest BCUT2D eigenvalue weighted by Crippen LogP contribution is 2.29. The normalized spacial score (nSPS) is 10.2. The summed E-state index contributed by atoms with van der Waals surface area (Å²) < 4.78 is 5.80. The van der Waals surface area contributed by atoms with Gasteiger partial charge in [-0.1, -0.05) is 53.5 Å². The first-order chi connectivity index (χ1) is 13.5. The van der Waals surface area contributed by atoms with Crippen LogP contribution in [-0.2, 0) is 4.79 Å². The summed E-state index contributed by atoms with van der Waals surface area (Å²) in [6.45, 7) is -0.210. The Morgan fingerprint density at radius 1 is 0.857 bits per heavy atom. The van der Waals surface area contributed by atoms with Gasteiger partial charge >= 0.3 is 0 Å². The standard InChI is InChI=1S/C21H16Cl2N2O3/c22-16-11-10-14(12-17(16)23)21(27)24-13-20(26)25-18-8-4-5-9-19(18)28-15-6-2-1-3-7-15/h1-12H,13H2,(H,24,27)(H,25,26). The van der Waals surface area contributed by atoms with Crippen molar-refractivity contribution in [1.82, 2.24) is 5.32 Å². The van der Waals surface area contributed by atoms with Gasteiger partial charge in [-0.15, -0.1) is 0 Å². The zero-order valence-electron chi connectivity index (χ0n) is 14.6. The van der Waals surface area contributed by atoms with Gasteiger partial charge in [0.2, 0.25) is 5.91 Å². The van der Waals surface area contributed by atoms with Gasteiger partial charge in [-0.05, 0) is 42.5 Å². The Hall–Kier alpha value is -3.02. The van der Waals surface area contributed by atoms with Crippen LogP contribution in [0.3, 0.4) is 0 Å². The maximum Gasteiger partial charge on any atom is 0.251 e. The van der Waals surface area contributed by atoms with Gasteiger partial charge in [0.05, 0.1) is 22.3 Å². The Bertz CT molecular complexity index is 994. The largest absolute Gasteiger partial charge is 0.455 e. The lowest BCUT2D eigenvalue weighted by atomic mass is 10.2. The fraction of sp³-hybridized carbons (Fsp3) is 0.0476. The zero-order valence-corrected chi connectivity index (χ0v) is 16.1. The van der Waals surface area contributed by atoms with Crippen LogP contribution in [-0.4, -0.2) is 18.4 Å². The average molecular weight is 415 g/mol. The maximum absolute atomic E-state index is 12.2. The molecule has 0 saturated heterocycles. The van der Waals surface area contributed by atoms with E-state index in [0.717, 1.165) is 0 Å². The zero-order chi connectivity index (χ0) is 19.9. The topological polar surface area (TPSA) is 67.4 Å². The van der Waals surface area contributed by atoms with Crippen molar-refractivity contribution in [2.45, 2.75) is 0 Å². The van der Waals surface area contributed by atoms with Crippen LogP contribution in [0.25, 0.3) is 0 Å². The second-order valence-corrected chi connectivity index (χ2v) is 6.59. The summed E-state index contributed by atoms with van der Waals surface area (Å²) in [4.78, 5) is 24.4. The first kappa shape index (κ1) is 19.7. The molecule has 0 heterocycles. The summed E-state index contributed by atoms with van der Waals surface area (Å²) >= 11 is 11.7. The van der Waals surface area contributed by atoms with Crippen molar-refractivity contribution in [2.24, 2.45) is 0 Å². The van der Waals surface area contributed by atoms with E-state index in [9.17, 15) is 9.59 Å². The number of carbonyl (C=O) groups is 2. The Balaban J connectivity index is 1.60. The fourth-order valence-corrected chi connectivity index (χ4v) is 2.67. The molecular weight excluding hydrogens is 399 g/mol. The van der Waals surface area contributed by atoms with Crippen molar-refractivity contribution in [3.05, 3.63) is 88.4 Å². The molecule has 0 spiro atoms. The van der Waals surface area contributed by atoms with Crippen molar-refractivity contribution >= 4 is 40.7 Å². The number of rotatable bonds is 6. The quantitative estimate of drug-likeness (QED) is 0.585. The summed E-state index contributed by atoms with van der Waals surface area (Å²) in [7, 11) is 0. The van der Waals surface area contributed by atoms with Crippen LogP contribution < -0.4 is 15.4 Å². The molecule has 2 N–H and O–H groups in total. The van der Waals surface area contributed by atoms with Gasteiger partial charge in [0.25, 0.3) is 5.91 Å². The van der Waals surface area contributed by atoms with Crippen molar-refractivity contribution in [3.8, 4) is 11.5 Å². The summed E-state index contributed by atoms with van der Waals surface area (Å²) in [6.07, 6.45) is 0. The highest BCUT2D eigenvalue weighted by Gasteiger charge is 2.12. The number of para-hydroxylation sites is 3. The molecule has 3 aromatic carbocycles. The predicted molar refractivity (Wildman–Crippen MR) is 110 cm³/mol. The summed E-state index contributed by atoms with van der Waals surface area (Å²) in [5.41, 5.74) is 0.815. The molecule has 0 aliphatic heterocycles. The molecule has 28 heavy (non-hydrogen) atoms. The maximum atomic E-state index is 12.2. The van der Waals surface area contributed by atoms with Gasteiger partial charge in [0.15, 0.2) is 5.75 Å². The summed E-state index contributed by atoms with van der Waals surface area (Å²) in [5, 5.41) is 5.90. The van der Waals surface area contributed by atoms with E-state index in [1.807, 2.05) is 30.3 Å². The van der Waals surface area contributed by atoms with Crippen LogP contribution in [0.15, 0.2) is 72.8 Å². The number of carbonyl (C=O) groups excluding carboxylic acids is 2. The second kappa shape index (κ2) is 9.26. The molecular formula is C21H16Cl2N2O3. The number of nitrogens with one attached hydrogen (secondary N) is 2. The van der Waals surface area contributed by atoms with Crippen LogP contribution in [0.1, 0.15) is 10.4 Å². The molecule has 3 aromatic rings. The van der Waals surface area contributed by atoms with Crippen molar-refractivity contribution in [1.29, 1.82) is 0 Å². The van der Waals surface area contributed by atoms with E-state index in [1.165, 1.54) is 18.2 Å². The SMILES string of the molecule is O=C(CNC(=O)c1ccc(Cl)c(Cl)c1)Nc1ccccc1Oc1ccccc1. The molecule has 0 aromatic heterocycles. The first-order valence-corrected chi connectivity index (χ1v) is 9.13. The molecule has 142 valence electrons. The highest BCUT2D eigenvalue weighted by molar-refractivity contribution is 6.42. The Kier molecular flexibility index (Phi) is 6.53. The average Bonchev–Trinajstić information content (AvgIpc) is 2.70. The number of benzene rings is 3. The first-order valence-electron chi connectivity index (χ1n) is 8.38. The van der Waals surface area contributed by atoms with Crippen molar-refractivity contribution in [3.63, 3.8) is 0 Å². The summed E-state index contributed by atoms with van der Waals surface area (Å²) in [6, 6.07) is 20.8. The molecule has 0 unspecified atom stereocenters. The van der Waals surface area contributed by atoms with Gasteiger partial charge in [0.1, 0.15) is 5.75 Å². The third-order valence-electron chi connectivity index (χ3n) is 3.72. The molecule has 5 nitrogen and oxygen atoms in total. The van der Waals surface area contributed by atoms with E-state index < -0.39 is 11.8 Å². The monoisotopic (exact) mass is 414 g/mol. The molecule has 7 heteroatoms. The third-order valence-corrected chi connectivity index (χ3v) is 4.46. The molecule has 0 radical (unpaired) electrons. The van der Waals surface area contributed by atoms with Crippen LogP contribution in [0.5, 0.6) is 11.5 Å². The molecule has 2 amide bonds. The van der Waals surface area contributed by atoms with E-state index in [0.29, 0.717) is 27.8 Å². The van der Waals surface area contributed by atoms with Crippen molar-refractivity contribution in [2.75, 3.05) is 11.9 Å². The lowest BCUT2D eigenvalue weighted by Gasteiger charge is -2.12. The van der Waals surface area contributed by atoms with E-state index >= 15 is 0 Å². The van der Waals surface area contributed by atoms with Crippen LogP contribution >= 0.6 is 23.2 Å². The Labute approximate surface area is 172 Å². The van der Waals surface area contributed by atoms with Gasteiger partial charge in [-0.2, -0.15) is 0 Å². The molecule has 0 saturated carbocycles. The van der Waals surface area contributed by atoms with E-state index in [1.54, 1.807) is 24.3 Å². The number of ether oxygens (including phenoxy) is 1. The number of amides is 2. The lowest BCUT2D eigenvalue weighted by Crippen LogP contribution is -2.32.